The molecule has 0 bridgehead atoms. The topological polar surface area (TPSA) is 47.0 Å². The Kier molecular flexibility index (Phi) is 2.28. The Bertz CT molecular complexity index is 395. The molecule has 0 aliphatic carbocycles. The molecular weight excluding hydrogens is 174 g/mol. The van der Waals surface area contributed by atoms with E-state index in [1.165, 1.54) is 18.5 Å². The third kappa shape index (κ3) is 1.53. The van der Waals surface area contributed by atoms with Gasteiger partial charge in [-0.2, -0.15) is 0 Å². The Morgan fingerprint density at radius 1 is 1.58 bits per heavy atom. The predicted molar refractivity (Wildman–Crippen MR) is 46.4 cm³/mol. The van der Waals surface area contributed by atoms with Crippen LogP contribution in [0.25, 0.3) is 0 Å². The summed E-state index contributed by atoms with van der Waals surface area (Å²) < 4.78 is 22.6. The number of nitrogens with zero attached hydrogens (tertiary/aromatic N) is 1. The summed E-state index contributed by atoms with van der Waals surface area (Å²) in [6.45, 7) is 4.94. The minimum absolute atomic E-state index is 0.271. The van der Waals surface area contributed by atoms with Crippen LogP contribution in [0.15, 0.2) is 35.3 Å². The highest BCUT2D eigenvalue weighted by Crippen LogP contribution is 2.14. The zero-order chi connectivity index (χ0) is 9.19. The first-order chi connectivity index (χ1) is 5.58. The SMILES string of the molecule is C=CS(=O)(=O)c1ccncc1C. The molecule has 1 aromatic heterocycles. The van der Waals surface area contributed by atoms with E-state index in [2.05, 4.69) is 11.6 Å². The van der Waals surface area contributed by atoms with Gasteiger partial charge < -0.3 is 0 Å². The van der Waals surface area contributed by atoms with Crippen LogP contribution in [0.4, 0.5) is 0 Å². The van der Waals surface area contributed by atoms with Crippen molar-refractivity contribution < 1.29 is 8.42 Å². The molecule has 0 radical (unpaired) electrons. The zero-order valence-electron chi connectivity index (χ0n) is 6.69. The standard InChI is InChI=1S/C8H9NO2S/c1-3-12(10,11)8-4-5-9-6-7(8)2/h3-6H,1H2,2H3. The van der Waals surface area contributed by atoms with Gasteiger partial charge in [0.2, 0.25) is 0 Å². The van der Waals surface area contributed by atoms with Crippen molar-refractivity contribution in [3.63, 3.8) is 0 Å². The largest absolute Gasteiger partial charge is 0.264 e. The Hall–Kier alpha value is -1.16. The van der Waals surface area contributed by atoms with Gasteiger partial charge in [0.15, 0.2) is 9.84 Å². The van der Waals surface area contributed by atoms with Gasteiger partial charge in [0.25, 0.3) is 0 Å². The van der Waals surface area contributed by atoms with Gasteiger partial charge >= 0.3 is 0 Å². The summed E-state index contributed by atoms with van der Waals surface area (Å²) in [5, 5.41) is 0.940. The fourth-order valence-corrected chi connectivity index (χ4v) is 1.80. The van der Waals surface area contributed by atoms with Crippen LogP contribution in [-0.2, 0) is 9.84 Å². The van der Waals surface area contributed by atoms with Crippen LogP contribution in [-0.4, -0.2) is 13.4 Å². The normalized spacial score (nSPS) is 11.1. The van der Waals surface area contributed by atoms with E-state index in [-0.39, 0.29) is 4.90 Å². The third-order valence-corrected chi connectivity index (χ3v) is 3.00. The molecule has 0 amide bonds. The van der Waals surface area contributed by atoms with E-state index in [1.807, 2.05) is 0 Å². The van der Waals surface area contributed by atoms with E-state index < -0.39 is 9.84 Å². The second kappa shape index (κ2) is 3.06. The van der Waals surface area contributed by atoms with Gasteiger partial charge in [0.05, 0.1) is 4.90 Å². The molecule has 0 aliphatic rings. The molecule has 0 saturated heterocycles. The molecule has 4 heteroatoms. The Balaban J connectivity index is 3.39. The monoisotopic (exact) mass is 183 g/mol. The first-order valence-corrected chi connectivity index (χ1v) is 4.90. The minimum atomic E-state index is -3.30. The molecular formula is C8H9NO2S. The van der Waals surface area contributed by atoms with E-state index in [1.54, 1.807) is 6.92 Å². The van der Waals surface area contributed by atoms with Crippen molar-refractivity contribution >= 4 is 9.84 Å². The zero-order valence-corrected chi connectivity index (χ0v) is 7.50. The van der Waals surface area contributed by atoms with E-state index in [4.69, 9.17) is 0 Å². The first kappa shape index (κ1) is 8.93. The van der Waals surface area contributed by atoms with E-state index in [0.717, 1.165) is 5.41 Å². The molecule has 64 valence electrons. The second-order valence-corrected chi connectivity index (χ2v) is 4.22. The summed E-state index contributed by atoms with van der Waals surface area (Å²) in [5.74, 6) is 0. The lowest BCUT2D eigenvalue weighted by Gasteiger charge is -2.00. The van der Waals surface area contributed by atoms with Crippen molar-refractivity contribution in [3.05, 3.63) is 36.0 Å². The van der Waals surface area contributed by atoms with Crippen molar-refractivity contribution in [1.82, 2.24) is 4.98 Å². The lowest BCUT2D eigenvalue weighted by Crippen LogP contribution is -1.98. The summed E-state index contributed by atoms with van der Waals surface area (Å²) in [7, 11) is -3.30. The van der Waals surface area contributed by atoms with Crippen LogP contribution < -0.4 is 0 Å². The van der Waals surface area contributed by atoms with Gasteiger partial charge in [-0.3, -0.25) is 4.98 Å². The molecule has 0 aliphatic heterocycles. The molecule has 12 heavy (non-hydrogen) atoms. The molecule has 0 spiro atoms. The maximum atomic E-state index is 11.3. The molecule has 0 atom stereocenters. The Morgan fingerprint density at radius 2 is 2.25 bits per heavy atom. The van der Waals surface area contributed by atoms with Crippen molar-refractivity contribution in [1.29, 1.82) is 0 Å². The minimum Gasteiger partial charge on any atom is -0.264 e. The lowest BCUT2D eigenvalue weighted by molar-refractivity contribution is 0.604. The number of hydrogen-bond donors (Lipinski definition) is 0. The fraction of sp³-hybridized carbons (Fsp3) is 0.125. The number of pyridine rings is 1. The van der Waals surface area contributed by atoms with Gasteiger partial charge in [-0.25, -0.2) is 8.42 Å². The predicted octanol–water partition coefficient (Wildman–Crippen LogP) is 1.31. The highest BCUT2D eigenvalue weighted by Gasteiger charge is 2.11. The van der Waals surface area contributed by atoms with Crippen LogP contribution in [0.2, 0.25) is 0 Å². The van der Waals surface area contributed by atoms with Gasteiger partial charge in [0, 0.05) is 17.8 Å². The summed E-state index contributed by atoms with van der Waals surface area (Å²) in [4.78, 5) is 4.06. The van der Waals surface area contributed by atoms with Gasteiger partial charge in [-0.15, -0.1) is 0 Å². The van der Waals surface area contributed by atoms with E-state index >= 15 is 0 Å². The van der Waals surface area contributed by atoms with Crippen molar-refractivity contribution in [2.45, 2.75) is 11.8 Å². The van der Waals surface area contributed by atoms with Crippen molar-refractivity contribution in [3.8, 4) is 0 Å². The van der Waals surface area contributed by atoms with E-state index in [0.29, 0.717) is 5.56 Å². The molecule has 0 unspecified atom stereocenters. The average molecular weight is 183 g/mol. The van der Waals surface area contributed by atoms with E-state index in [9.17, 15) is 8.42 Å². The fourth-order valence-electron chi connectivity index (χ4n) is 0.870. The maximum Gasteiger partial charge on any atom is 0.199 e. The summed E-state index contributed by atoms with van der Waals surface area (Å²) in [5.41, 5.74) is 0.636. The number of sulfone groups is 1. The van der Waals surface area contributed by atoms with Gasteiger partial charge in [-0.05, 0) is 18.6 Å². The summed E-state index contributed by atoms with van der Waals surface area (Å²) >= 11 is 0. The highest BCUT2D eigenvalue weighted by atomic mass is 32.2. The van der Waals surface area contributed by atoms with Crippen LogP contribution >= 0.6 is 0 Å². The molecule has 0 N–H and O–H groups in total. The third-order valence-electron chi connectivity index (χ3n) is 1.49. The van der Waals surface area contributed by atoms with Crippen LogP contribution in [0.1, 0.15) is 5.56 Å². The summed E-state index contributed by atoms with van der Waals surface area (Å²) in [6.07, 6.45) is 2.96. The molecule has 0 aromatic carbocycles. The Morgan fingerprint density at radius 3 is 2.75 bits per heavy atom. The molecule has 1 rings (SSSR count). The smallest absolute Gasteiger partial charge is 0.199 e. The second-order valence-electron chi connectivity index (χ2n) is 2.35. The molecule has 0 fully saturated rings. The number of aromatic nitrogens is 1. The molecule has 1 heterocycles. The van der Waals surface area contributed by atoms with Crippen molar-refractivity contribution in [2.24, 2.45) is 0 Å². The average Bonchev–Trinajstić information content (AvgIpc) is 2.05. The number of aryl methyl sites for hydroxylation is 1. The molecule has 3 nitrogen and oxygen atoms in total. The highest BCUT2D eigenvalue weighted by molar-refractivity contribution is 7.94. The molecule has 1 aromatic rings. The van der Waals surface area contributed by atoms with Crippen LogP contribution in [0.5, 0.6) is 0 Å². The van der Waals surface area contributed by atoms with Crippen LogP contribution in [0.3, 0.4) is 0 Å². The van der Waals surface area contributed by atoms with Crippen molar-refractivity contribution in [2.75, 3.05) is 0 Å². The van der Waals surface area contributed by atoms with Crippen LogP contribution in [0, 0.1) is 6.92 Å². The number of hydrogen-bond acceptors (Lipinski definition) is 3. The maximum absolute atomic E-state index is 11.3. The van der Waals surface area contributed by atoms with Gasteiger partial charge in [-0.1, -0.05) is 6.58 Å². The molecule has 0 saturated carbocycles. The summed E-state index contributed by atoms with van der Waals surface area (Å²) in [6, 6.07) is 1.46. The number of rotatable bonds is 2. The Labute approximate surface area is 71.7 Å². The quantitative estimate of drug-likeness (QED) is 0.694. The lowest BCUT2D eigenvalue weighted by atomic mass is 10.3. The van der Waals surface area contributed by atoms with Gasteiger partial charge in [0.1, 0.15) is 0 Å². The first-order valence-electron chi connectivity index (χ1n) is 3.36.